The van der Waals surface area contributed by atoms with Crippen molar-refractivity contribution in [3.05, 3.63) is 69.0 Å². The number of hydrogen-bond donors (Lipinski definition) is 2. The molecular weight excluding hydrogens is 380 g/mol. The summed E-state index contributed by atoms with van der Waals surface area (Å²) in [5.41, 5.74) is 5.79. The lowest BCUT2D eigenvalue weighted by Crippen LogP contribution is -2.48. The normalized spacial score (nSPS) is 18.9. The third-order valence-corrected chi connectivity index (χ3v) is 5.20. The third kappa shape index (κ3) is 5.33. The molecular formula is C20H27ClN4O3. The molecule has 7 nitrogen and oxygen atoms in total. The number of benzene rings is 1. The maximum Gasteiger partial charge on any atom is 0.331 e. The Balaban J connectivity index is 0.00000280. The topological polar surface area (TPSA) is 99.1 Å². The third-order valence-electron chi connectivity index (χ3n) is 5.20. The van der Waals surface area contributed by atoms with Crippen LogP contribution in [0.2, 0.25) is 0 Å². The van der Waals surface area contributed by atoms with Gasteiger partial charge in [0.2, 0.25) is 5.91 Å². The van der Waals surface area contributed by atoms with Crippen LogP contribution in [0.25, 0.3) is 0 Å². The van der Waals surface area contributed by atoms with Crippen LogP contribution in [0.1, 0.15) is 31.2 Å². The quantitative estimate of drug-likeness (QED) is 0.750. The highest BCUT2D eigenvalue weighted by molar-refractivity contribution is 5.85. The summed E-state index contributed by atoms with van der Waals surface area (Å²) in [5, 5.41) is 2.97. The molecule has 0 radical (unpaired) electrons. The Morgan fingerprint density at radius 1 is 1.11 bits per heavy atom. The number of carbonyl (C=O) groups is 1. The van der Waals surface area contributed by atoms with Gasteiger partial charge in [0.25, 0.3) is 5.56 Å². The summed E-state index contributed by atoms with van der Waals surface area (Å²) in [5.74, 6) is -0.0676. The van der Waals surface area contributed by atoms with Gasteiger partial charge in [0, 0.05) is 18.3 Å². The maximum absolute atomic E-state index is 12.7. The van der Waals surface area contributed by atoms with Crippen molar-refractivity contribution in [2.75, 3.05) is 6.54 Å². The van der Waals surface area contributed by atoms with E-state index in [4.69, 9.17) is 5.73 Å². The molecule has 1 heterocycles. The standard InChI is InChI=1S/C20H26N4O3.ClH/c21-12-16-8-4-5-9-17(16)22-18(25)14-24-19(26)10-11-23(20(24)27)13-15-6-2-1-3-7-15;/h1-3,6-7,10-11,16-17H,4-5,8-9,12-14,21H2,(H,22,25);1H. The summed E-state index contributed by atoms with van der Waals surface area (Å²) in [7, 11) is 0. The number of rotatable bonds is 6. The van der Waals surface area contributed by atoms with Gasteiger partial charge >= 0.3 is 5.69 Å². The van der Waals surface area contributed by atoms with E-state index in [0.717, 1.165) is 35.8 Å². The first-order chi connectivity index (χ1) is 13.1. The number of nitrogens with one attached hydrogen (secondary N) is 1. The van der Waals surface area contributed by atoms with Crippen LogP contribution >= 0.6 is 12.4 Å². The number of nitrogens with zero attached hydrogens (tertiary/aromatic N) is 2. The zero-order valence-electron chi connectivity index (χ0n) is 15.8. The van der Waals surface area contributed by atoms with E-state index in [1.807, 2.05) is 30.3 Å². The minimum absolute atomic E-state index is 0. The van der Waals surface area contributed by atoms with Gasteiger partial charge in [-0.3, -0.25) is 18.7 Å². The molecule has 1 aromatic heterocycles. The Labute approximate surface area is 170 Å². The molecule has 1 aromatic carbocycles. The maximum atomic E-state index is 12.7. The molecule has 0 bridgehead atoms. The molecule has 3 rings (SSSR count). The smallest absolute Gasteiger partial charge is 0.331 e. The predicted octanol–water partition coefficient (Wildman–Crippen LogP) is 1.11. The van der Waals surface area contributed by atoms with Crippen LogP contribution in [0.4, 0.5) is 0 Å². The number of amides is 1. The molecule has 3 N–H and O–H groups in total. The van der Waals surface area contributed by atoms with Crippen molar-refractivity contribution in [1.82, 2.24) is 14.5 Å². The minimum Gasteiger partial charge on any atom is -0.351 e. The van der Waals surface area contributed by atoms with Gasteiger partial charge in [-0.15, -0.1) is 12.4 Å². The Morgan fingerprint density at radius 3 is 2.54 bits per heavy atom. The lowest BCUT2D eigenvalue weighted by atomic mass is 9.84. The zero-order valence-corrected chi connectivity index (χ0v) is 16.6. The highest BCUT2D eigenvalue weighted by Gasteiger charge is 2.25. The molecule has 1 saturated carbocycles. The fraction of sp³-hybridized carbons (Fsp3) is 0.450. The van der Waals surface area contributed by atoms with Crippen LogP contribution in [-0.4, -0.2) is 27.6 Å². The molecule has 1 amide bonds. The Kier molecular flexibility index (Phi) is 8.02. The molecule has 0 saturated heterocycles. The second-order valence-electron chi connectivity index (χ2n) is 7.09. The van der Waals surface area contributed by atoms with E-state index in [-0.39, 0.29) is 36.8 Å². The van der Waals surface area contributed by atoms with Crippen molar-refractivity contribution in [3.8, 4) is 0 Å². The van der Waals surface area contributed by atoms with Gasteiger partial charge < -0.3 is 11.1 Å². The summed E-state index contributed by atoms with van der Waals surface area (Å²) < 4.78 is 2.42. The highest BCUT2D eigenvalue weighted by Crippen LogP contribution is 2.23. The van der Waals surface area contributed by atoms with Crippen molar-refractivity contribution >= 4 is 18.3 Å². The fourth-order valence-corrected chi connectivity index (χ4v) is 3.68. The largest absolute Gasteiger partial charge is 0.351 e. The van der Waals surface area contributed by atoms with Crippen LogP contribution in [0.5, 0.6) is 0 Å². The van der Waals surface area contributed by atoms with E-state index in [1.165, 1.54) is 16.8 Å². The second-order valence-corrected chi connectivity index (χ2v) is 7.09. The molecule has 1 fully saturated rings. The van der Waals surface area contributed by atoms with Crippen LogP contribution in [0.15, 0.2) is 52.2 Å². The van der Waals surface area contributed by atoms with Gasteiger partial charge in [0.1, 0.15) is 6.54 Å². The van der Waals surface area contributed by atoms with Crippen LogP contribution in [0, 0.1) is 5.92 Å². The van der Waals surface area contributed by atoms with Crippen molar-refractivity contribution < 1.29 is 4.79 Å². The van der Waals surface area contributed by atoms with E-state index in [0.29, 0.717) is 13.1 Å². The van der Waals surface area contributed by atoms with Gasteiger partial charge in [0.05, 0.1) is 6.54 Å². The molecule has 2 aromatic rings. The molecule has 8 heteroatoms. The monoisotopic (exact) mass is 406 g/mol. The second kappa shape index (κ2) is 10.2. The average Bonchev–Trinajstić information content (AvgIpc) is 2.68. The van der Waals surface area contributed by atoms with Crippen molar-refractivity contribution in [2.45, 2.75) is 44.8 Å². The molecule has 152 valence electrons. The molecule has 0 aliphatic heterocycles. The molecule has 28 heavy (non-hydrogen) atoms. The lowest BCUT2D eigenvalue weighted by Gasteiger charge is -2.31. The van der Waals surface area contributed by atoms with E-state index in [2.05, 4.69) is 5.32 Å². The molecule has 0 spiro atoms. The number of aromatic nitrogens is 2. The van der Waals surface area contributed by atoms with E-state index in [9.17, 15) is 14.4 Å². The fourth-order valence-electron chi connectivity index (χ4n) is 3.68. The van der Waals surface area contributed by atoms with Gasteiger partial charge in [0.15, 0.2) is 0 Å². The van der Waals surface area contributed by atoms with Gasteiger partial charge in [-0.2, -0.15) is 0 Å². The van der Waals surface area contributed by atoms with E-state index < -0.39 is 11.2 Å². The summed E-state index contributed by atoms with van der Waals surface area (Å²) in [6, 6.07) is 10.8. The number of nitrogens with two attached hydrogens (primary N) is 1. The van der Waals surface area contributed by atoms with E-state index in [1.54, 1.807) is 0 Å². The number of hydrogen-bond acceptors (Lipinski definition) is 4. The van der Waals surface area contributed by atoms with Gasteiger partial charge in [-0.05, 0) is 30.9 Å². The van der Waals surface area contributed by atoms with Crippen molar-refractivity contribution in [2.24, 2.45) is 11.7 Å². The van der Waals surface area contributed by atoms with Crippen LogP contribution in [0.3, 0.4) is 0 Å². The highest BCUT2D eigenvalue weighted by atomic mass is 35.5. The first-order valence-corrected chi connectivity index (χ1v) is 9.42. The SMILES string of the molecule is Cl.NCC1CCCCC1NC(=O)Cn1c(=O)ccn(Cc2ccccc2)c1=O. The number of carbonyl (C=O) groups excluding carboxylic acids is 1. The summed E-state index contributed by atoms with van der Waals surface area (Å²) in [4.78, 5) is 37.3. The summed E-state index contributed by atoms with van der Waals surface area (Å²) in [6.45, 7) is 0.598. The Bertz CT molecular complexity index is 894. The van der Waals surface area contributed by atoms with Crippen molar-refractivity contribution in [3.63, 3.8) is 0 Å². The predicted molar refractivity (Wildman–Crippen MR) is 111 cm³/mol. The first-order valence-electron chi connectivity index (χ1n) is 9.42. The first kappa shape index (κ1) is 21.9. The average molecular weight is 407 g/mol. The Morgan fingerprint density at radius 2 is 1.82 bits per heavy atom. The molecule has 2 atom stereocenters. The number of halogens is 1. The van der Waals surface area contributed by atoms with Crippen molar-refractivity contribution in [1.29, 1.82) is 0 Å². The minimum atomic E-state index is -0.486. The van der Waals surface area contributed by atoms with Gasteiger partial charge in [-0.25, -0.2) is 4.79 Å². The molecule has 2 unspecified atom stereocenters. The molecule has 1 aliphatic carbocycles. The van der Waals surface area contributed by atoms with Crippen LogP contribution < -0.4 is 22.3 Å². The summed E-state index contributed by atoms with van der Waals surface area (Å²) in [6.07, 6.45) is 5.52. The van der Waals surface area contributed by atoms with E-state index >= 15 is 0 Å². The summed E-state index contributed by atoms with van der Waals surface area (Å²) >= 11 is 0. The van der Waals surface area contributed by atoms with Gasteiger partial charge in [-0.1, -0.05) is 43.2 Å². The van der Waals surface area contributed by atoms with Crippen LogP contribution in [-0.2, 0) is 17.9 Å². The molecule has 1 aliphatic rings. The lowest BCUT2D eigenvalue weighted by molar-refractivity contribution is -0.123. The zero-order chi connectivity index (χ0) is 19.2. The Hall–Kier alpha value is -2.38.